The number of carboxylic acids is 1. The Morgan fingerprint density at radius 1 is 1.33 bits per heavy atom. The molecule has 3 aromatic rings. The van der Waals surface area contributed by atoms with Gasteiger partial charge in [-0.25, -0.2) is 22.9 Å². The fourth-order valence-corrected chi connectivity index (χ4v) is 3.87. The molecule has 0 saturated carbocycles. The molecule has 3 rings (SSSR count). The van der Waals surface area contributed by atoms with Crippen LogP contribution in [0.25, 0.3) is 11.0 Å². The number of anilines is 1. The maximum absolute atomic E-state index is 12.2. The number of carbonyl (C=O) groups is 1. The van der Waals surface area contributed by atoms with Crippen molar-refractivity contribution >= 4 is 44.3 Å². The molecule has 0 spiro atoms. The number of aromatic amines is 1. The SMILES string of the molecule is O=C(O)c1csc(S(=O)(=O)Nc2nc3ccccc3[nH]2)c1. The van der Waals surface area contributed by atoms with Crippen LogP contribution in [0.5, 0.6) is 0 Å². The van der Waals surface area contributed by atoms with Gasteiger partial charge in [-0.1, -0.05) is 12.1 Å². The third-order valence-corrected chi connectivity index (χ3v) is 5.49. The zero-order valence-corrected chi connectivity index (χ0v) is 12.0. The summed E-state index contributed by atoms with van der Waals surface area (Å²) in [5, 5.41) is 10.1. The van der Waals surface area contributed by atoms with Crippen molar-refractivity contribution in [3.63, 3.8) is 0 Å². The van der Waals surface area contributed by atoms with Gasteiger partial charge in [-0.2, -0.15) is 0 Å². The van der Waals surface area contributed by atoms with Crippen LogP contribution in [-0.4, -0.2) is 29.5 Å². The van der Waals surface area contributed by atoms with E-state index in [1.165, 1.54) is 5.38 Å². The van der Waals surface area contributed by atoms with Gasteiger partial charge in [0.15, 0.2) is 0 Å². The molecule has 0 amide bonds. The summed E-state index contributed by atoms with van der Waals surface area (Å²) in [6.45, 7) is 0. The molecule has 1 aromatic carbocycles. The molecule has 0 atom stereocenters. The maximum Gasteiger partial charge on any atom is 0.336 e. The molecule has 2 aromatic heterocycles. The predicted octanol–water partition coefficient (Wildman–Crippen LogP) is 2.12. The second kappa shape index (κ2) is 4.86. The molecule has 0 radical (unpaired) electrons. The van der Waals surface area contributed by atoms with Gasteiger partial charge in [0.25, 0.3) is 10.0 Å². The number of nitrogens with one attached hydrogen (secondary N) is 2. The van der Waals surface area contributed by atoms with E-state index in [0.29, 0.717) is 11.0 Å². The van der Waals surface area contributed by atoms with Gasteiger partial charge < -0.3 is 10.1 Å². The molecule has 0 unspecified atom stereocenters. The lowest BCUT2D eigenvalue weighted by atomic mass is 10.3. The standard InChI is InChI=1S/C12H9N3O4S2/c16-11(17)7-5-10(20-6-7)21(18,19)15-12-13-8-3-1-2-4-9(8)14-12/h1-6H,(H,16,17)(H2,13,14,15). The van der Waals surface area contributed by atoms with Crippen molar-refractivity contribution < 1.29 is 18.3 Å². The van der Waals surface area contributed by atoms with Crippen molar-refractivity contribution in [1.82, 2.24) is 9.97 Å². The largest absolute Gasteiger partial charge is 0.478 e. The van der Waals surface area contributed by atoms with E-state index in [1.807, 2.05) is 0 Å². The number of carboxylic acid groups (broad SMARTS) is 1. The Hall–Kier alpha value is -2.39. The van der Waals surface area contributed by atoms with E-state index in [-0.39, 0.29) is 15.7 Å². The van der Waals surface area contributed by atoms with Gasteiger partial charge >= 0.3 is 5.97 Å². The molecule has 21 heavy (non-hydrogen) atoms. The number of imidazole rings is 1. The van der Waals surface area contributed by atoms with E-state index >= 15 is 0 Å². The van der Waals surface area contributed by atoms with Crippen LogP contribution in [-0.2, 0) is 10.0 Å². The summed E-state index contributed by atoms with van der Waals surface area (Å²) in [7, 11) is -3.86. The van der Waals surface area contributed by atoms with Gasteiger partial charge in [0, 0.05) is 5.38 Å². The lowest BCUT2D eigenvalue weighted by Crippen LogP contribution is -2.12. The summed E-state index contributed by atoms with van der Waals surface area (Å²) >= 11 is 0.838. The fraction of sp³-hybridized carbons (Fsp3) is 0. The van der Waals surface area contributed by atoms with Crippen LogP contribution in [0.4, 0.5) is 5.95 Å². The van der Waals surface area contributed by atoms with Crippen LogP contribution in [0.3, 0.4) is 0 Å². The van der Waals surface area contributed by atoms with E-state index in [2.05, 4.69) is 14.7 Å². The first kappa shape index (κ1) is 13.6. The number of rotatable bonds is 4. The maximum atomic E-state index is 12.2. The molecule has 0 saturated heterocycles. The second-order valence-corrected chi connectivity index (χ2v) is 6.99. The summed E-state index contributed by atoms with van der Waals surface area (Å²) in [6, 6.07) is 8.22. The van der Waals surface area contributed by atoms with Crippen LogP contribution in [0, 0.1) is 0 Å². The number of sulfonamides is 1. The average molecular weight is 323 g/mol. The first-order chi connectivity index (χ1) is 9.95. The minimum absolute atomic E-state index is 0.0648. The third-order valence-electron chi connectivity index (χ3n) is 2.71. The number of thiophene rings is 1. The zero-order valence-electron chi connectivity index (χ0n) is 10.4. The first-order valence-electron chi connectivity index (χ1n) is 5.75. The number of hydrogen-bond donors (Lipinski definition) is 3. The number of para-hydroxylation sites is 2. The molecule has 0 fully saturated rings. The second-order valence-electron chi connectivity index (χ2n) is 4.17. The Morgan fingerprint density at radius 2 is 2.10 bits per heavy atom. The number of benzene rings is 1. The normalized spacial score (nSPS) is 11.6. The van der Waals surface area contributed by atoms with Gasteiger partial charge in [-0.05, 0) is 18.2 Å². The van der Waals surface area contributed by atoms with E-state index in [4.69, 9.17) is 5.11 Å². The molecular formula is C12H9N3O4S2. The quantitative estimate of drug-likeness (QED) is 0.681. The Balaban J connectivity index is 1.93. The van der Waals surface area contributed by atoms with E-state index in [0.717, 1.165) is 17.4 Å². The van der Waals surface area contributed by atoms with E-state index in [9.17, 15) is 13.2 Å². The van der Waals surface area contributed by atoms with Crippen molar-refractivity contribution in [3.05, 3.63) is 41.3 Å². The smallest absolute Gasteiger partial charge is 0.336 e. The fourth-order valence-electron chi connectivity index (χ4n) is 1.75. The third kappa shape index (κ3) is 2.60. The topological polar surface area (TPSA) is 112 Å². The van der Waals surface area contributed by atoms with Crippen molar-refractivity contribution in [2.75, 3.05) is 4.72 Å². The highest BCUT2D eigenvalue weighted by molar-refractivity contribution is 7.94. The summed E-state index contributed by atoms with van der Waals surface area (Å²) in [4.78, 5) is 17.7. The highest BCUT2D eigenvalue weighted by Gasteiger charge is 2.20. The van der Waals surface area contributed by atoms with Gasteiger partial charge in [-0.15, -0.1) is 11.3 Å². The molecule has 0 bridgehead atoms. The molecule has 2 heterocycles. The minimum Gasteiger partial charge on any atom is -0.478 e. The molecule has 7 nitrogen and oxygen atoms in total. The van der Waals surface area contributed by atoms with Crippen LogP contribution in [0.15, 0.2) is 39.9 Å². The summed E-state index contributed by atoms with van der Waals surface area (Å²) in [5.74, 6) is -1.09. The summed E-state index contributed by atoms with van der Waals surface area (Å²) in [5.41, 5.74) is 1.27. The van der Waals surface area contributed by atoms with Crippen LogP contribution in [0.2, 0.25) is 0 Å². The van der Waals surface area contributed by atoms with Crippen molar-refractivity contribution in [3.8, 4) is 0 Å². The lowest BCUT2D eigenvalue weighted by Gasteiger charge is -2.01. The van der Waals surface area contributed by atoms with Crippen LogP contribution in [0.1, 0.15) is 10.4 Å². The van der Waals surface area contributed by atoms with Crippen molar-refractivity contribution in [2.45, 2.75) is 4.21 Å². The number of nitrogens with zero attached hydrogens (tertiary/aromatic N) is 1. The van der Waals surface area contributed by atoms with Crippen molar-refractivity contribution in [2.24, 2.45) is 0 Å². The van der Waals surface area contributed by atoms with Crippen LogP contribution >= 0.6 is 11.3 Å². The molecular weight excluding hydrogens is 314 g/mol. The average Bonchev–Trinajstić information content (AvgIpc) is 3.04. The van der Waals surface area contributed by atoms with Crippen molar-refractivity contribution in [1.29, 1.82) is 0 Å². The zero-order chi connectivity index (χ0) is 15.0. The first-order valence-corrected chi connectivity index (χ1v) is 8.11. The monoisotopic (exact) mass is 323 g/mol. The Bertz CT molecular complexity index is 894. The van der Waals surface area contributed by atoms with Gasteiger partial charge in [0.05, 0.1) is 16.6 Å². The molecule has 108 valence electrons. The molecule has 0 aliphatic carbocycles. The van der Waals surface area contributed by atoms with Gasteiger partial charge in [0.2, 0.25) is 5.95 Å². The van der Waals surface area contributed by atoms with Gasteiger partial charge in [-0.3, -0.25) is 0 Å². The highest BCUT2D eigenvalue weighted by atomic mass is 32.2. The molecule has 0 aliphatic heterocycles. The highest BCUT2D eigenvalue weighted by Crippen LogP contribution is 2.23. The molecule has 9 heteroatoms. The summed E-state index contributed by atoms with van der Waals surface area (Å²) in [6.07, 6.45) is 0. The molecule has 3 N–H and O–H groups in total. The molecule has 0 aliphatic rings. The van der Waals surface area contributed by atoms with E-state index in [1.54, 1.807) is 24.3 Å². The Labute approximate surface area is 123 Å². The van der Waals surface area contributed by atoms with Crippen LogP contribution < -0.4 is 4.72 Å². The number of fused-ring (bicyclic) bond motifs is 1. The summed E-state index contributed by atoms with van der Waals surface area (Å²) < 4.78 is 26.5. The Morgan fingerprint density at radius 3 is 2.76 bits per heavy atom. The number of aromatic nitrogens is 2. The Kier molecular flexibility index (Phi) is 3.15. The number of aromatic carboxylic acids is 1. The predicted molar refractivity (Wildman–Crippen MR) is 78.2 cm³/mol. The number of hydrogen-bond acceptors (Lipinski definition) is 5. The van der Waals surface area contributed by atoms with Gasteiger partial charge in [0.1, 0.15) is 4.21 Å². The van der Waals surface area contributed by atoms with E-state index < -0.39 is 16.0 Å². The number of H-pyrrole nitrogens is 1. The lowest BCUT2D eigenvalue weighted by molar-refractivity contribution is 0.0697. The minimum atomic E-state index is -3.86.